The smallest absolute Gasteiger partial charge is 0.348 e. The van der Waals surface area contributed by atoms with Gasteiger partial charge in [-0.2, -0.15) is 5.26 Å². The van der Waals surface area contributed by atoms with Gasteiger partial charge in [0.05, 0.1) is 19.8 Å². The van der Waals surface area contributed by atoms with Crippen molar-refractivity contribution < 1.29 is 19.0 Å². The van der Waals surface area contributed by atoms with Crippen LogP contribution in [0.25, 0.3) is 6.08 Å². The SMILES string of the molecule is COCCOC(=O)/C(C#N)=C/c1ccc(N2CCOCC2)cc1. The monoisotopic (exact) mass is 316 g/mol. The Morgan fingerprint density at radius 2 is 2.00 bits per heavy atom. The van der Waals surface area contributed by atoms with Gasteiger partial charge in [-0.1, -0.05) is 12.1 Å². The fourth-order valence-corrected chi connectivity index (χ4v) is 2.20. The van der Waals surface area contributed by atoms with Crippen molar-refractivity contribution in [2.75, 3.05) is 51.5 Å². The molecule has 1 aromatic rings. The summed E-state index contributed by atoms with van der Waals surface area (Å²) in [6, 6.07) is 9.58. The minimum Gasteiger partial charge on any atom is -0.459 e. The average molecular weight is 316 g/mol. The fourth-order valence-electron chi connectivity index (χ4n) is 2.20. The molecule has 0 bridgehead atoms. The van der Waals surface area contributed by atoms with Crippen LogP contribution in [-0.2, 0) is 19.0 Å². The fraction of sp³-hybridized carbons (Fsp3) is 0.412. The van der Waals surface area contributed by atoms with E-state index in [1.165, 1.54) is 13.2 Å². The Hall–Kier alpha value is -2.36. The Labute approximate surface area is 135 Å². The van der Waals surface area contributed by atoms with Gasteiger partial charge in [0.2, 0.25) is 0 Å². The van der Waals surface area contributed by atoms with Crippen LogP contribution in [0.2, 0.25) is 0 Å². The number of carbonyl (C=O) groups is 1. The molecule has 0 N–H and O–H groups in total. The van der Waals surface area contributed by atoms with Crippen molar-refractivity contribution in [3.63, 3.8) is 0 Å². The molecule has 1 aliphatic rings. The molecule has 0 unspecified atom stereocenters. The minimum atomic E-state index is -0.637. The van der Waals surface area contributed by atoms with E-state index in [0.717, 1.165) is 37.6 Å². The van der Waals surface area contributed by atoms with E-state index in [0.29, 0.717) is 6.61 Å². The molecule has 6 nitrogen and oxygen atoms in total. The molecule has 0 amide bonds. The van der Waals surface area contributed by atoms with E-state index < -0.39 is 5.97 Å². The first kappa shape index (κ1) is 17.0. The van der Waals surface area contributed by atoms with Crippen LogP contribution in [0.15, 0.2) is 29.8 Å². The van der Waals surface area contributed by atoms with Gasteiger partial charge >= 0.3 is 5.97 Å². The van der Waals surface area contributed by atoms with Crippen LogP contribution in [0.3, 0.4) is 0 Å². The molecule has 0 aromatic heterocycles. The topological polar surface area (TPSA) is 71.8 Å². The summed E-state index contributed by atoms with van der Waals surface area (Å²) >= 11 is 0. The molecule has 122 valence electrons. The van der Waals surface area contributed by atoms with Crippen molar-refractivity contribution in [1.29, 1.82) is 5.26 Å². The third kappa shape index (κ3) is 5.09. The lowest BCUT2D eigenvalue weighted by Crippen LogP contribution is -2.36. The number of hydrogen-bond donors (Lipinski definition) is 0. The molecular formula is C17H20N2O4. The average Bonchev–Trinajstić information content (AvgIpc) is 2.61. The van der Waals surface area contributed by atoms with Crippen molar-refractivity contribution in [2.45, 2.75) is 0 Å². The van der Waals surface area contributed by atoms with E-state index in [-0.39, 0.29) is 12.2 Å². The molecule has 0 saturated carbocycles. The molecule has 1 saturated heterocycles. The Morgan fingerprint density at radius 1 is 1.30 bits per heavy atom. The minimum absolute atomic E-state index is 0.0276. The molecule has 23 heavy (non-hydrogen) atoms. The third-order valence-corrected chi connectivity index (χ3v) is 3.44. The first-order valence-corrected chi connectivity index (χ1v) is 7.45. The van der Waals surface area contributed by atoms with Crippen molar-refractivity contribution in [2.24, 2.45) is 0 Å². The molecule has 6 heteroatoms. The first-order valence-electron chi connectivity index (χ1n) is 7.45. The molecule has 1 heterocycles. The summed E-state index contributed by atoms with van der Waals surface area (Å²) < 4.78 is 15.1. The van der Waals surface area contributed by atoms with Crippen LogP contribution in [0.5, 0.6) is 0 Å². The van der Waals surface area contributed by atoms with Gasteiger partial charge in [0, 0.05) is 25.9 Å². The third-order valence-electron chi connectivity index (χ3n) is 3.44. The number of morpholine rings is 1. The van der Waals surface area contributed by atoms with E-state index >= 15 is 0 Å². The highest BCUT2D eigenvalue weighted by Crippen LogP contribution is 2.18. The van der Waals surface area contributed by atoms with Crippen LogP contribution in [-0.4, -0.2) is 52.6 Å². The number of benzene rings is 1. The molecule has 0 spiro atoms. The van der Waals surface area contributed by atoms with E-state index in [1.807, 2.05) is 30.3 Å². The number of methoxy groups -OCH3 is 1. The molecule has 0 radical (unpaired) electrons. The second-order valence-corrected chi connectivity index (χ2v) is 4.99. The summed E-state index contributed by atoms with van der Waals surface area (Å²) in [6.45, 7) is 3.62. The summed E-state index contributed by atoms with van der Waals surface area (Å²) in [4.78, 5) is 14.0. The number of carbonyl (C=O) groups excluding carboxylic acids is 1. The summed E-state index contributed by atoms with van der Waals surface area (Å²) in [7, 11) is 1.52. The second-order valence-electron chi connectivity index (χ2n) is 4.99. The summed E-state index contributed by atoms with van der Waals surface area (Å²) in [5.74, 6) is -0.637. The number of esters is 1. The number of hydrogen-bond acceptors (Lipinski definition) is 6. The number of nitrogens with zero attached hydrogens (tertiary/aromatic N) is 2. The van der Waals surface area contributed by atoms with Crippen LogP contribution in [0.4, 0.5) is 5.69 Å². The highest BCUT2D eigenvalue weighted by atomic mass is 16.6. The normalized spacial score (nSPS) is 15.1. The van der Waals surface area contributed by atoms with Crippen molar-refractivity contribution in [3.05, 3.63) is 35.4 Å². The molecule has 0 atom stereocenters. The van der Waals surface area contributed by atoms with E-state index in [9.17, 15) is 4.79 Å². The molecule has 1 aromatic carbocycles. The van der Waals surface area contributed by atoms with Gasteiger partial charge in [-0.05, 0) is 23.8 Å². The number of nitriles is 1. The summed E-state index contributed by atoms with van der Waals surface area (Å²) in [5, 5.41) is 9.10. The van der Waals surface area contributed by atoms with E-state index in [1.54, 1.807) is 0 Å². The van der Waals surface area contributed by atoms with Crippen molar-refractivity contribution >= 4 is 17.7 Å². The number of ether oxygens (including phenoxy) is 3. The quantitative estimate of drug-likeness (QED) is 0.344. The van der Waals surface area contributed by atoms with Gasteiger partial charge < -0.3 is 19.1 Å². The van der Waals surface area contributed by atoms with E-state index in [2.05, 4.69) is 4.90 Å². The van der Waals surface area contributed by atoms with Gasteiger partial charge in [-0.25, -0.2) is 4.79 Å². The summed E-state index contributed by atoms with van der Waals surface area (Å²) in [6.07, 6.45) is 1.53. The molecular weight excluding hydrogens is 296 g/mol. The highest BCUT2D eigenvalue weighted by Gasteiger charge is 2.12. The van der Waals surface area contributed by atoms with Crippen LogP contribution in [0.1, 0.15) is 5.56 Å². The van der Waals surface area contributed by atoms with Gasteiger partial charge in [-0.15, -0.1) is 0 Å². The molecule has 1 aliphatic heterocycles. The predicted molar refractivity (Wildman–Crippen MR) is 85.9 cm³/mol. The zero-order valence-corrected chi connectivity index (χ0v) is 13.2. The maximum absolute atomic E-state index is 11.8. The van der Waals surface area contributed by atoms with Crippen LogP contribution < -0.4 is 4.90 Å². The Kier molecular flexibility index (Phi) is 6.60. The lowest BCUT2D eigenvalue weighted by atomic mass is 10.1. The van der Waals surface area contributed by atoms with Crippen molar-refractivity contribution in [3.8, 4) is 6.07 Å². The number of anilines is 1. The Morgan fingerprint density at radius 3 is 2.61 bits per heavy atom. The summed E-state index contributed by atoms with van der Waals surface area (Å²) in [5.41, 5.74) is 1.86. The van der Waals surface area contributed by atoms with Gasteiger partial charge in [0.15, 0.2) is 0 Å². The zero-order chi connectivity index (χ0) is 16.5. The highest BCUT2D eigenvalue weighted by molar-refractivity contribution is 5.97. The second kappa shape index (κ2) is 8.93. The van der Waals surface area contributed by atoms with Gasteiger partial charge in [-0.3, -0.25) is 0 Å². The van der Waals surface area contributed by atoms with Crippen molar-refractivity contribution in [1.82, 2.24) is 0 Å². The maximum atomic E-state index is 11.8. The zero-order valence-electron chi connectivity index (χ0n) is 13.2. The molecule has 1 fully saturated rings. The standard InChI is InChI=1S/C17H20N2O4/c1-21-10-11-23-17(20)15(13-18)12-14-2-4-16(5-3-14)19-6-8-22-9-7-19/h2-5,12H,6-11H2,1H3/b15-12+. The van der Waals surface area contributed by atoms with E-state index in [4.69, 9.17) is 19.5 Å². The Balaban J connectivity index is 2.02. The maximum Gasteiger partial charge on any atom is 0.348 e. The largest absolute Gasteiger partial charge is 0.459 e. The van der Waals surface area contributed by atoms with Crippen LogP contribution in [0, 0.1) is 11.3 Å². The first-order chi connectivity index (χ1) is 11.2. The lowest BCUT2D eigenvalue weighted by molar-refractivity contribution is -0.139. The predicted octanol–water partition coefficient (Wildman–Crippen LogP) is 1.62. The van der Waals surface area contributed by atoms with Crippen LogP contribution >= 0.6 is 0 Å². The lowest BCUT2D eigenvalue weighted by Gasteiger charge is -2.28. The van der Waals surface area contributed by atoms with Gasteiger partial charge in [0.25, 0.3) is 0 Å². The Bertz CT molecular complexity index is 584. The number of rotatable bonds is 6. The molecule has 2 rings (SSSR count). The molecule has 0 aliphatic carbocycles. The van der Waals surface area contributed by atoms with Gasteiger partial charge in [0.1, 0.15) is 18.2 Å².